The number of rotatable bonds is 4. The van der Waals surface area contributed by atoms with Gasteiger partial charge in [-0.25, -0.2) is 4.79 Å². The average Bonchev–Trinajstić information content (AvgIpc) is 3.24. The first kappa shape index (κ1) is 18.5. The van der Waals surface area contributed by atoms with Crippen LogP contribution in [0.4, 0.5) is 4.79 Å². The van der Waals surface area contributed by atoms with Gasteiger partial charge in [0.25, 0.3) is 5.91 Å². The molecular weight excluding hydrogens is 350 g/mol. The summed E-state index contributed by atoms with van der Waals surface area (Å²) < 4.78 is 7.03. The molecule has 0 aromatic carbocycles. The predicted molar refractivity (Wildman–Crippen MR) is 102 cm³/mol. The zero-order chi connectivity index (χ0) is 18.7. The summed E-state index contributed by atoms with van der Waals surface area (Å²) >= 11 is 1.63. The molecule has 1 saturated heterocycles. The summed E-state index contributed by atoms with van der Waals surface area (Å²) in [5.74, 6) is -0.0369. The molecule has 0 spiro atoms. The number of aromatic nitrogens is 1. The van der Waals surface area contributed by atoms with Crippen molar-refractivity contribution in [2.24, 2.45) is 0 Å². The molecule has 6 nitrogen and oxygen atoms in total. The lowest BCUT2D eigenvalue weighted by Gasteiger charge is -2.31. The normalized spacial score (nSPS) is 15.1. The first-order valence-electron chi connectivity index (χ1n) is 8.97. The second-order valence-electron chi connectivity index (χ2n) is 6.49. The predicted octanol–water partition coefficient (Wildman–Crippen LogP) is 3.51. The maximum absolute atomic E-state index is 13.0. The van der Waals surface area contributed by atoms with Crippen molar-refractivity contribution in [1.29, 1.82) is 0 Å². The summed E-state index contributed by atoms with van der Waals surface area (Å²) in [6.45, 7) is 7.44. The fourth-order valence-corrected chi connectivity index (χ4v) is 4.33. The van der Waals surface area contributed by atoms with Crippen LogP contribution in [0.3, 0.4) is 0 Å². The number of hydrogen-bond donors (Lipinski definition) is 1. The first-order valence-corrected chi connectivity index (χ1v) is 9.78. The van der Waals surface area contributed by atoms with Crippen LogP contribution in [0, 0.1) is 13.8 Å². The van der Waals surface area contributed by atoms with E-state index in [1.807, 2.05) is 42.9 Å². The van der Waals surface area contributed by atoms with E-state index in [-0.39, 0.29) is 18.0 Å². The smallest absolute Gasteiger partial charge is 0.409 e. The Morgan fingerprint density at radius 1 is 1.23 bits per heavy atom. The number of hydrogen-bond acceptors (Lipinski definition) is 4. The molecule has 0 radical (unpaired) electrons. The van der Waals surface area contributed by atoms with Gasteiger partial charge in [0.15, 0.2) is 0 Å². The molecule has 1 fully saturated rings. The zero-order valence-corrected chi connectivity index (χ0v) is 16.3. The second-order valence-corrected chi connectivity index (χ2v) is 7.69. The van der Waals surface area contributed by atoms with Gasteiger partial charge in [-0.05, 0) is 51.3 Å². The van der Waals surface area contributed by atoms with Gasteiger partial charge in [-0.1, -0.05) is 0 Å². The van der Waals surface area contributed by atoms with Crippen LogP contribution < -0.4 is 5.32 Å². The van der Waals surface area contributed by atoms with Gasteiger partial charge >= 0.3 is 6.09 Å². The Balaban J connectivity index is 1.68. The van der Waals surface area contributed by atoms with Crippen LogP contribution in [0.1, 0.15) is 40.6 Å². The van der Waals surface area contributed by atoms with E-state index < -0.39 is 0 Å². The van der Waals surface area contributed by atoms with E-state index in [4.69, 9.17) is 4.74 Å². The van der Waals surface area contributed by atoms with Gasteiger partial charge < -0.3 is 19.5 Å². The van der Waals surface area contributed by atoms with Gasteiger partial charge in [0.2, 0.25) is 0 Å². The number of aryl methyl sites for hydroxylation is 1. The molecule has 1 aliphatic rings. The van der Waals surface area contributed by atoms with Crippen LogP contribution >= 0.6 is 11.3 Å². The Morgan fingerprint density at radius 2 is 1.88 bits per heavy atom. The standard InChI is InChI=1S/C19H25N3O3S/c1-4-25-19(24)22-11-7-15(8-12-22)20-17(23)16-13(2)14(3)26-18(16)21-9-5-6-10-21/h5-6,9-10,15H,4,7-8,11-12H2,1-3H3,(H,20,23). The number of nitrogens with zero attached hydrogens (tertiary/aromatic N) is 2. The van der Waals surface area contributed by atoms with Crippen LogP contribution in [-0.4, -0.2) is 47.2 Å². The summed E-state index contributed by atoms with van der Waals surface area (Å²) in [5.41, 5.74) is 1.77. The van der Waals surface area contributed by atoms with Crippen molar-refractivity contribution in [3.8, 4) is 5.00 Å². The SMILES string of the molecule is CCOC(=O)N1CCC(NC(=O)c2c(-n3cccc3)sc(C)c2C)CC1. The summed E-state index contributed by atoms with van der Waals surface area (Å²) in [6, 6.07) is 3.99. The van der Waals surface area contributed by atoms with E-state index >= 15 is 0 Å². The number of thiophene rings is 1. The minimum absolute atomic E-state index is 0.0369. The monoisotopic (exact) mass is 375 g/mol. The van der Waals surface area contributed by atoms with Gasteiger partial charge in [0.05, 0.1) is 12.2 Å². The molecule has 26 heavy (non-hydrogen) atoms. The van der Waals surface area contributed by atoms with Gasteiger partial charge in [-0.15, -0.1) is 11.3 Å². The van der Waals surface area contributed by atoms with Crippen molar-refractivity contribution in [2.75, 3.05) is 19.7 Å². The number of piperidine rings is 1. The van der Waals surface area contributed by atoms with Crippen LogP contribution in [0.25, 0.3) is 5.00 Å². The quantitative estimate of drug-likeness (QED) is 0.889. The molecule has 0 unspecified atom stereocenters. The summed E-state index contributed by atoms with van der Waals surface area (Å²) in [7, 11) is 0. The number of amides is 2. The molecule has 0 aliphatic carbocycles. The topological polar surface area (TPSA) is 63.6 Å². The van der Waals surface area contributed by atoms with Gasteiger partial charge in [0.1, 0.15) is 5.00 Å². The molecular formula is C19H25N3O3S. The number of carbonyl (C=O) groups is 2. The highest BCUT2D eigenvalue weighted by atomic mass is 32.1. The van der Waals surface area contributed by atoms with E-state index in [0.717, 1.165) is 33.8 Å². The molecule has 2 aromatic heterocycles. The maximum Gasteiger partial charge on any atom is 0.409 e. The Bertz CT molecular complexity index is 774. The molecule has 2 aromatic rings. The van der Waals surface area contributed by atoms with Crippen molar-refractivity contribution < 1.29 is 14.3 Å². The zero-order valence-electron chi connectivity index (χ0n) is 15.4. The highest BCUT2D eigenvalue weighted by Gasteiger charge is 2.27. The maximum atomic E-state index is 13.0. The highest BCUT2D eigenvalue weighted by Crippen LogP contribution is 2.31. The molecule has 0 saturated carbocycles. The van der Waals surface area contributed by atoms with E-state index in [0.29, 0.717) is 19.7 Å². The van der Waals surface area contributed by atoms with Crippen LogP contribution in [-0.2, 0) is 4.74 Å². The van der Waals surface area contributed by atoms with Crippen molar-refractivity contribution in [1.82, 2.24) is 14.8 Å². The number of likely N-dealkylation sites (tertiary alicyclic amines) is 1. The van der Waals surface area contributed by atoms with E-state index in [2.05, 4.69) is 5.32 Å². The van der Waals surface area contributed by atoms with Crippen molar-refractivity contribution in [3.05, 3.63) is 40.5 Å². The molecule has 0 bridgehead atoms. The minimum Gasteiger partial charge on any atom is -0.450 e. The molecule has 3 rings (SSSR count). The largest absolute Gasteiger partial charge is 0.450 e. The van der Waals surface area contributed by atoms with Crippen LogP contribution in [0.5, 0.6) is 0 Å². The van der Waals surface area contributed by atoms with E-state index in [9.17, 15) is 9.59 Å². The lowest BCUT2D eigenvalue weighted by atomic mass is 10.0. The molecule has 3 heterocycles. The Kier molecular flexibility index (Phi) is 5.66. The summed E-state index contributed by atoms with van der Waals surface area (Å²) in [6.07, 6.45) is 5.13. The molecule has 2 amide bonds. The third kappa shape index (κ3) is 3.77. The van der Waals surface area contributed by atoms with E-state index in [1.54, 1.807) is 23.2 Å². The Morgan fingerprint density at radius 3 is 2.50 bits per heavy atom. The highest BCUT2D eigenvalue weighted by molar-refractivity contribution is 7.15. The van der Waals surface area contributed by atoms with E-state index in [1.165, 1.54) is 0 Å². The fraction of sp³-hybridized carbons (Fsp3) is 0.474. The Hall–Kier alpha value is -2.28. The van der Waals surface area contributed by atoms with Crippen LogP contribution in [0.15, 0.2) is 24.5 Å². The van der Waals surface area contributed by atoms with Crippen molar-refractivity contribution >= 4 is 23.3 Å². The fourth-order valence-electron chi connectivity index (χ4n) is 3.21. The van der Waals surface area contributed by atoms with Gasteiger partial charge in [-0.2, -0.15) is 0 Å². The number of ether oxygens (including phenoxy) is 1. The molecule has 1 aliphatic heterocycles. The van der Waals surface area contributed by atoms with Crippen molar-refractivity contribution in [3.63, 3.8) is 0 Å². The van der Waals surface area contributed by atoms with Crippen LogP contribution in [0.2, 0.25) is 0 Å². The molecule has 7 heteroatoms. The summed E-state index contributed by atoms with van der Waals surface area (Å²) in [5, 5.41) is 4.11. The third-order valence-corrected chi connectivity index (χ3v) is 6.01. The second kappa shape index (κ2) is 7.95. The third-order valence-electron chi connectivity index (χ3n) is 4.79. The van der Waals surface area contributed by atoms with Crippen molar-refractivity contribution in [2.45, 2.75) is 39.7 Å². The lowest BCUT2D eigenvalue weighted by Crippen LogP contribution is -2.46. The lowest BCUT2D eigenvalue weighted by molar-refractivity contribution is 0.0860. The molecule has 140 valence electrons. The van der Waals surface area contributed by atoms with Gasteiger partial charge in [0, 0.05) is 36.4 Å². The number of carbonyl (C=O) groups excluding carboxylic acids is 2. The Labute approximate surface area is 157 Å². The molecule has 0 atom stereocenters. The van der Waals surface area contributed by atoms with Gasteiger partial charge in [-0.3, -0.25) is 4.79 Å². The number of nitrogens with one attached hydrogen (secondary N) is 1. The minimum atomic E-state index is -0.267. The first-order chi connectivity index (χ1) is 12.5. The molecule has 1 N–H and O–H groups in total. The average molecular weight is 375 g/mol. The summed E-state index contributed by atoms with van der Waals surface area (Å²) in [4.78, 5) is 27.6.